The average molecular weight is 448 g/mol. The second-order valence-corrected chi connectivity index (χ2v) is 7.86. The maximum absolute atomic E-state index is 13.2. The van der Waals surface area contributed by atoms with Crippen molar-refractivity contribution < 1.29 is 13.9 Å². The van der Waals surface area contributed by atoms with Crippen LogP contribution in [0.4, 0.5) is 5.69 Å². The zero-order valence-corrected chi connectivity index (χ0v) is 18.5. The lowest BCUT2D eigenvalue weighted by Crippen LogP contribution is -2.22. The Bertz CT molecular complexity index is 1340. The van der Waals surface area contributed by atoms with Crippen molar-refractivity contribution in [1.29, 1.82) is 0 Å². The van der Waals surface area contributed by atoms with Crippen molar-refractivity contribution in [3.8, 4) is 17.1 Å². The van der Waals surface area contributed by atoms with Gasteiger partial charge in [-0.05, 0) is 60.9 Å². The van der Waals surface area contributed by atoms with Gasteiger partial charge in [0.15, 0.2) is 12.4 Å². The molecule has 4 rings (SSSR count). The first-order valence-electron chi connectivity index (χ1n) is 10.3. The van der Waals surface area contributed by atoms with Crippen LogP contribution in [0.5, 0.6) is 5.75 Å². The summed E-state index contributed by atoms with van der Waals surface area (Å²) in [4.78, 5) is 25.7. The van der Waals surface area contributed by atoms with E-state index in [1.54, 1.807) is 36.4 Å². The minimum atomic E-state index is -0.386. The maximum Gasteiger partial charge on any atom is 0.262 e. The Hall–Kier alpha value is -3.57. The van der Waals surface area contributed by atoms with Crippen LogP contribution in [0.25, 0.3) is 22.3 Å². The molecule has 0 aliphatic rings. The molecule has 0 aliphatic heterocycles. The van der Waals surface area contributed by atoms with E-state index in [2.05, 4.69) is 12.2 Å². The minimum absolute atomic E-state index is 0.0501. The van der Waals surface area contributed by atoms with Gasteiger partial charge in [0.25, 0.3) is 5.91 Å². The second-order valence-electron chi connectivity index (χ2n) is 7.46. The smallest absolute Gasteiger partial charge is 0.262 e. The number of rotatable bonds is 6. The summed E-state index contributed by atoms with van der Waals surface area (Å²) in [6.45, 7) is 3.62. The first kappa shape index (κ1) is 21.7. The number of carbonyl (C=O) groups excluding carboxylic acids is 1. The molecule has 4 aromatic rings. The summed E-state index contributed by atoms with van der Waals surface area (Å²) >= 11 is 6.36. The van der Waals surface area contributed by atoms with Crippen LogP contribution in [0, 0.1) is 6.92 Å². The van der Waals surface area contributed by atoms with Crippen LogP contribution < -0.4 is 15.5 Å². The molecule has 0 radical (unpaired) electrons. The van der Waals surface area contributed by atoms with E-state index >= 15 is 0 Å². The van der Waals surface area contributed by atoms with Gasteiger partial charge in [0, 0.05) is 11.3 Å². The van der Waals surface area contributed by atoms with E-state index in [1.165, 1.54) is 5.56 Å². The monoisotopic (exact) mass is 447 g/mol. The van der Waals surface area contributed by atoms with E-state index in [0.717, 1.165) is 12.0 Å². The van der Waals surface area contributed by atoms with Gasteiger partial charge in [-0.3, -0.25) is 9.59 Å². The number of benzene rings is 3. The molecule has 32 heavy (non-hydrogen) atoms. The highest BCUT2D eigenvalue weighted by atomic mass is 35.5. The second kappa shape index (κ2) is 9.28. The van der Waals surface area contributed by atoms with Gasteiger partial charge >= 0.3 is 0 Å². The first-order chi connectivity index (χ1) is 15.5. The third kappa shape index (κ3) is 4.53. The summed E-state index contributed by atoms with van der Waals surface area (Å²) in [5.41, 5.74) is 3.36. The molecule has 1 amide bonds. The minimum Gasteiger partial charge on any atom is -0.476 e. The highest BCUT2D eigenvalue weighted by molar-refractivity contribution is 6.33. The molecule has 0 unspecified atom stereocenters. The van der Waals surface area contributed by atoms with Crippen LogP contribution in [0.1, 0.15) is 18.1 Å². The number of amides is 1. The molecule has 0 fully saturated rings. The number of nitrogens with one attached hydrogen (secondary N) is 1. The fourth-order valence-electron chi connectivity index (χ4n) is 3.40. The zero-order valence-electron chi connectivity index (χ0n) is 17.8. The Balaban J connectivity index is 1.67. The normalized spacial score (nSPS) is 10.8. The number of fused-ring (bicyclic) bond motifs is 1. The molecule has 1 heterocycles. The Morgan fingerprint density at radius 1 is 1.06 bits per heavy atom. The van der Waals surface area contributed by atoms with Crippen LogP contribution in [0.2, 0.25) is 5.02 Å². The Kier molecular flexibility index (Phi) is 6.28. The Morgan fingerprint density at radius 3 is 2.53 bits per heavy atom. The molecular formula is C26H22ClNO4. The summed E-state index contributed by atoms with van der Waals surface area (Å²) in [5.74, 6) is -0.243. The Morgan fingerprint density at radius 2 is 1.81 bits per heavy atom. The van der Waals surface area contributed by atoms with Crippen LogP contribution in [0.15, 0.2) is 75.9 Å². The number of hydrogen-bond acceptors (Lipinski definition) is 4. The average Bonchev–Trinajstić information content (AvgIpc) is 2.79. The van der Waals surface area contributed by atoms with Crippen molar-refractivity contribution in [3.63, 3.8) is 0 Å². The van der Waals surface area contributed by atoms with Gasteiger partial charge < -0.3 is 14.5 Å². The number of halogens is 1. The van der Waals surface area contributed by atoms with Gasteiger partial charge in [0.05, 0.1) is 10.4 Å². The summed E-state index contributed by atoms with van der Waals surface area (Å²) in [7, 11) is 0. The number of hydrogen-bond donors (Lipinski definition) is 1. The fourth-order valence-corrected chi connectivity index (χ4v) is 3.62. The van der Waals surface area contributed by atoms with Crippen LogP contribution in [-0.4, -0.2) is 12.5 Å². The highest BCUT2D eigenvalue weighted by Crippen LogP contribution is 2.35. The van der Waals surface area contributed by atoms with E-state index in [4.69, 9.17) is 20.8 Å². The van der Waals surface area contributed by atoms with E-state index in [9.17, 15) is 9.59 Å². The van der Waals surface area contributed by atoms with E-state index < -0.39 is 0 Å². The van der Waals surface area contributed by atoms with Gasteiger partial charge in [0.2, 0.25) is 11.2 Å². The predicted molar refractivity (Wildman–Crippen MR) is 128 cm³/mol. The van der Waals surface area contributed by atoms with E-state index in [-0.39, 0.29) is 29.5 Å². The van der Waals surface area contributed by atoms with Gasteiger partial charge in [-0.25, -0.2) is 0 Å². The predicted octanol–water partition coefficient (Wildman–Crippen LogP) is 6.00. The van der Waals surface area contributed by atoms with Crippen molar-refractivity contribution in [2.24, 2.45) is 0 Å². The topological polar surface area (TPSA) is 68.5 Å². The van der Waals surface area contributed by atoms with Crippen molar-refractivity contribution in [2.45, 2.75) is 20.3 Å². The molecule has 1 N–H and O–H groups in total. The summed E-state index contributed by atoms with van der Waals surface area (Å²) < 4.78 is 11.8. The molecule has 162 valence electrons. The fraction of sp³-hybridized carbons (Fsp3) is 0.154. The highest BCUT2D eigenvalue weighted by Gasteiger charge is 2.20. The molecule has 0 saturated carbocycles. The lowest BCUT2D eigenvalue weighted by Gasteiger charge is -2.13. The SMILES string of the molecule is CCc1ccc(NC(=O)COc2c(-c3ccccc3Cl)oc3cc(C)ccc3c2=O)cc1. The first-order valence-corrected chi connectivity index (χ1v) is 10.7. The zero-order chi connectivity index (χ0) is 22.7. The summed E-state index contributed by atoms with van der Waals surface area (Å²) in [6.07, 6.45) is 0.916. The summed E-state index contributed by atoms with van der Waals surface area (Å²) in [6, 6.07) is 19.9. The van der Waals surface area contributed by atoms with Crippen molar-refractivity contribution in [3.05, 3.63) is 93.1 Å². The van der Waals surface area contributed by atoms with Crippen LogP contribution in [0.3, 0.4) is 0 Å². The molecule has 0 aliphatic carbocycles. The molecule has 5 nitrogen and oxygen atoms in total. The quantitative estimate of drug-likeness (QED) is 0.393. The third-order valence-electron chi connectivity index (χ3n) is 5.12. The maximum atomic E-state index is 13.2. The number of aryl methyl sites for hydroxylation is 2. The molecule has 0 saturated heterocycles. The summed E-state index contributed by atoms with van der Waals surface area (Å²) in [5, 5.41) is 3.56. The lowest BCUT2D eigenvalue weighted by molar-refractivity contribution is -0.118. The number of anilines is 1. The van der Waals surface area contributed by atoms with Crippen molar-refractivity contribution >= 4 is 34.2 Å². The molecule has 3 aromatic carbocycles. The van der Waals surface area contributed by atoms with E-state index in [1.807, 2.05) is 37.3 Å². The molecule has 0 bridgehead atoms. The molecule has 0 atom stereocenters. The molecule has 0 spiro atoms. The lowest BCUT2D eigenvalue weighted by atomic mass is 10.1. The van der Waals surface area contributed by atoms with Gasteiger partial charge in [0.1, 0.15) is 5.58 Å². The van der Waals surface area contributed by atoms with Gasteiger partial charge in [-0.1, -0.05) is 48.9 Å². The standard InChI is InChI=1S/C26H22ClNO4/c1-3-17-9-11-18(12-10-17)28-23(29)15-31-26-24(30)20-13-8-16(2)14-22(20)32-25(26)19-6-4-5-7-21(19)27/h4-14H,3,15H2,1-2H3,(H,28,29). The van der Waals surface area contributed by atoms with E-state index in [0.29, 0.717) is 27.2 Å². The van der Waals surface area contributed by atoms with Gasteiger partial charge in [-0.15, -0.1) is 0 Å². The molecule has 1 aromatic heterocycles. The number of carbonyl (C=O) groups is 1. The van der Waals surface area contributed by atoms with Crippen LogP contribution in [-0.2, 0) is 11.2 Å². The molecular weight excluding hydrogens is 426 g/mol. The van der Waals surface area contributed by atoms with Crippen LogP contribution >= 0.6 is 11.6 Å². The van der Waals surface area contributed by atoms with Crippen molar-refractivity contribution in [2.75, 3.05) is 11.9 Å². The van der Waals surface area contributed by atoms with Crippen molar-refractivity contribution in [1.82, 2.24) is 0 Å². The Labute approximate surface area is 190 Å². The van der Waals surface area contributed by atoms with Gasteiger partial charge in [-0.2, -0.15) is 0 Å². The third-order valence-corrected chi connectivity index (χ3v) is 5.45. The molecule has 6 heteroatoms. The number of ether oxygens (including phenoxy) is 1. The largest absolute Gasteiger partial charge is 0.476 e.